The van der Waals surface area contributed by atoms with Crippen molar-refractivity contribution in [2.24, 2.45) is 0 Å². The average Bonchev–Trinajstić information content (AvgIpc) is 3.04. The second kappa shape index (κ2) is 9.21. The minimum atomic E-state index is -0.400. The van der Waals surface area contributed by atoms with Gasteiger partial charge in [0.25, 0.3) is 0 Å². The first-order valence-electron chi connectivity index (χ1n) is 9.70. The summed E-state index contributed by atoms with van der Waals surface area (Å²) in [5.74, 6) is 7.34. The lowest BCUT2D eigenvalue weighted by atomic mass is 10.1. The van der Waals surface area contributed by atoms with Gasteiger partial charge in [0.05, 0.1) is 5.25 Å². The highest BCUT2D eigenvalue weighted by molar-refractivity contribution is 8.00. The van der Waals surface area contributed by atoms with Gasteiger partial charge >= 0.3 is 0 Å². The minimum Gasteiger partial charge on any atom is -0.485 e. The number of rotatable bonds is 7. The summed E-state index contributed by atoms with van der Waals surface area (Å²) in [5.41, 5.74) is 4.97. The van der Waals surface area contributed by atoms with Gasteiger partial charge in [0.2, 0.25) is 11.1 Å². The maximum atomic E-state index is 12.7. The largest absolute Gasteiger partial charge is 0.485 e. The number of hydrogen-bond acceptors (Lipinski definition) is 6. The van der Waals surface area contributed by atoms with Crippen LogP contribution in [0.3, 0.4) is 0 Å². The van der Waals surface area contributed by atoms with E-state index in [1.54, 1.807) is 0 Å². The Bertz CT molecular complexity index is 1020. The Morgan fingerprint density at radius 2 is 1.63 bits per heavy atom. The van der Waals surface area contributed by atoms with Gasteiger partial charge in [0.1, 0.15) is 12.4 Å². The number of aryl methyl sites for hydroxylation is 4. The van der Waals surface area contributed by atoms with E-state index in [1.807, 2.05) is 71.0 Å². The van der Waals surface area contributed by atoms with Gasteiger partial charge in [-0.3, -0.25) is 4.79 Å². The summed E-state index contributed by atoms with van der Waals surface area (Å²) >= 11 is 1.25. The van der Waals surface area contributed by atoms with Crippen molar-refractivity contribution >= 4 is 23.4 Å². The van der Waals surface area contributed by atoms with E-state index in [4.69, 9.17) is 10.6 Å². The molecule has 0 saturated carbocycles. The maximum absolute atomic E-state index is 12.7. The molecule has 3 rings (SSSR count). The number of ether oxygens (including phenoxy) is 1. The van der Waals surface area contributed by atoms with Crippen LogP contribution in [0.1, 0.15) is 35.0 Å². The van der Waals surface area contributed by atoms with Crippen LogP contribution in [0.2, 0.25) is 0 Å². The van der Waals surface area contributed by atoms with Crippen LogP contribution in [-0.2, 0) is 11.4 Å². The number of aromatic nitrogens is 3. The molecule has 0 spiro atoms. The van der Waals surface area contributed by atoms with Gasteiger partial charge in [0, 0.05) is 5.69 Å². The number of hydrogen-bond donors (Lipinski definition) is 2. The van der Waals surface area contributed by atoms with Crippen LogP contribution in [-0.4, -0.2) is 26.0 Å². The van der Waals surface area contributed by atoms with Crippen molar-refractivity contribution in [3.05, 3.63) is 64.5 Å². The zero-order valence-electron chi connectivity index (χ0n) is 17.9. The third-order valence-corrected chi connectivity index (χ3v) is 5.93. The van der Waals surface area contributed by atoms with Gasteiger partial charge in [-0.1, -0.05) is 48.2 Å². The number of nitrogens with zero attached hydrogens (tertiary/aromatic N) is 3. The van der Waals surface area contributed by atoms with Crippen molar-refractivity contribution in [2.45, 2.75) is 51.6 Å². The Hall–Kier alpha value is -3.00. The van der Waals surface area contributed by atoms with Crippen molar-refractivity contribution < 1.29 is 9.53 Å². The van der Waals surface area contributed by atoms with Gasteiger partial charge < -0.3 is 15.9 Å². The molecule has 1 amide bonds. The smallest absolute Gasteiger partial charge is 0.237 e. The van der Waals surface area contributed by atoms with Crippen molar-refractivity contribution in [3.8, 4) is 5.75 Å². The molecule has 0 bridgehead atoms. The average molecular weight is 426 g/mol. The Balaban J connectivity index is 1.65. The summed E-state index contributed by atoms with van der Waals surface area (Å²) in [6.45, 7) is 9.94. The van der Waals surface area contributed by atoms with E-state index in [0.717, 1.165) is 33.7 Å². The zero-order chi connectivity index (χ0) is 21.8. The summed E-state index contributed by atoms with van der Waals surface area (Å²) in [4.78, 5) is 12.7. The molecule has 3 N–H and O–H groups in total. The van der Waals surface area contributed by atoms with Crippen molar-refractivity contribution in [2.75, 3.05) is 11.2 Å². The number of benzene rings is 2. The van der Waals surface area contributed by atoms with Crippen LogP contribution in [0.25, 0.3) is 0 Å². The Morgan fingerprint density at radius 1 is 1.07 bits per heavy atom. The Kier molecular flexibility index (Phi) is 6.66. The van der Waals surface area contributed by atoms with Gasteiger partial charge in [-0.2, -0.15) is 0 Å². The normalized spacial score (nSPS) is 11.9. The number of amides is 1. The lowest BCUT2D eigenvalue weighted by molar-refractivity contribution is -0.115. The Labute approximate surface area is 181 Å². The summed E-state index contributed by atoms with van der Waals surface area (Å²) < 4.78 is 7.29. The van der Waals surface area contributed by atoms with Crippen LogP contribution in [0.4, 0.5) is 5.69 Å². The molecule has 30 heavy (non-hydrogen) atoms. The number of anilines is 1. The first-order valence-corrected chi connectivity index (χ1v) is 10.6. The summed E-state index contributed by atoms with van der Waals surface area (Å²) in [5, 5.41) is 11.3. The van der Waals surface area contributed by atoms with Crippen molar-refractivity contribution in [1.29, 1.82) is 0 Å². The first kappa shape index (κ1) is 21.7. The summed E-state index contributed by atoms with van der Waals surface area (Å²) in [6.07, 6.45) is 0. The third kappa shape index (κ3) is 4.76. The zero-order valence-corrected chi connectivity index (χ0v) is 18.7. The molecule has 0 fully saturated rings. The standard InChI is InChI=1S/C22H27N5O2S/c1-13-8-6-9-14(2)19(13)24-21(28)17(5)30-22-26-25-18(27(22)23)12-29-20-15(3)10-7-11-16(20)4/h6-11,17H,12,23H2,1-5H3,(H,24,28)/t17-/m0/s1. The maximum Gasteiger partial charge on any atom is 0.237 e. The first-order chi connectivity index (χ1) is 14.3. The molecule has 1 atom stereocenters. The molecule has 2 aromatic carbocycles. The molecule has 0 radical (unpaired) electrons. The minimum absolute atomic E-state index is 0.117. The molecule has 1 aromatic heterocycles. The van der Waals surface area contributed by atoms with Crippen molar-refractivity contribution in [3.63, 3.8) is 0 Å². The fraction of sp³-hybridized carbons (Fsp3) is 0.318. The molecule has 0 saturated heterocycles. The number of carbonyl (C=O) groups excluding carboxylic acids is 1. The van der Waals surface area contributed by atoms with E-state index in [9.17, 15) is 4.79 Å². The van der Waals surface area contributed by atoms with Gasteiger partial charge in [0.15, 0.2) is 5.82 Å². The molecule has 3 aromatic rings. The molecule has 0 aliphatic heterocycles. The predicted octanol–water partition coefficient (Wildman–Crippen LogP) is 3.92. The predicted molar refractivity (Wildman–Crippen MR) is 120 cm³/mol. The fourth-order valence-corrected chi connectivity index (χ4v) is 3.89. The van der Waals surface area contributed by atoms with E-state index < -0.39 is 5.25 Å². The van der Waals surface area contributed by atoms with E-state index in [-0.39, 0.29) is 12.5 Å². The molecule has 158 valence electrons. The topological polar surface area (TPSA) is 95.1 Å². The summed E-state index contributed by atoms with van der Waals surface area (Å²) in [7, 11) is 0. The number of para-hydroxylation sites is 2. The van der Waals surface area contributed by atoms with Gasteiger partial charge in [-0.05, 0) is 56.9 Å². The fourth-order valence-electron chi connectivity index (χ4n) is 3.10. The van der Waals surface area contributed by atoms with Crippen LogP contribution in [0.5, 0.6) is 5.75 Å². The van der Waals surface area contributed by atoms with Gasteiger partial charge in [-0.15, -0.1) is 10.2 Å². The van der Waals surface area contributed by atoms with E-state index in [0.29, 0.717) is 11.0 Å². The van der Waals surface area contributed by atoms with Crippen LogP contribution in [0, 0.1) is 27.7 Å². The van der Waals surface area contributed by atoms with E-state index in [2.05, 4.69) is 15.5 Å². The van der Waals surface area contributed by atoms with Gasteiger partial charge in [-0.25, -0.2) is 4.68 Å². The molecule has 0 aliphatic rings. The SMILES string of the molecule is Cc1cccc(C)c1NC(=O)[C@H](C)Sc1nnc(COc2c(C)cccc2C)n1N. The second-order valence-electron chi connectivity index (χ2n) is 7.29. The number of thioether (sulfide) groups is 1. The van der Waals surface area contributed by atoms with Crippen LogP contribution in [0.15, 0.2) is 41.6 Å². The second-order valence-corrected chi connectivity index (χ2v) is 8.60. The highest BCUT2D eigenvalue weighted by Crippen LogP contribution is 2.26. The highest BCUT2D eigenvalue weighted by Gasteiger charge is 2.21. The number of nitrogen functional groups attached to an aromatic ring is 1. The van der Waals surface area contributed by atoms with Crippen LogP contribution < -0.4 is 15.9 Å². The molecule has 1 heterocycles. The highest BCUT2D eigenvalue weighted by atomic mass is 32.2. The quantitative estimate of drug-likeness (QED) is 0.440. The lowest BCUT2D eigenvalue weighted by Crippen LogP contribution is -2.24. The molecule has 7 nitrogen and oxygen atoms in total. The molecule has 0 aliphatic carbocycles. The molecular weight excluding hydrogens is 398 g/mol. The summed E-state index contributed by atoms with van der Waals surface area (Å²) in [6, 6.07) is 11.9. The number of nitrogens with one attached hydrogen (secondary N) is 1. The van der Waals surface area contributed by atoms with Crippen LogP contribution >= 0.6 is 11.8 Å². The Morgan fingerprint density at radius 3 is 2.23 bits per heavy atom. The number of nitrogens with two attached hydrogens (primary N) is 1. The number of carbonyl (C=O) groups is 1. The lowest BCUT2D eigenvalue weighted by Gasteiger charge is -2.15. The third-order valence-electron chi connectivity index (χ3n) is 4.87. The monoisotopic (exact) mass is 425 g/mol. The molecular formula is C22H27N5O2S. The van der Waals surface area contributed by atoms with E-state index in [1.165, 1.54) is 16.4 Å². The molecule has 0 unspecified atom stereocenters. The van der Waals surface area contributed by atoms with Crippen molar-refractivity contribution in [1.82, 2.24) is 14.9 Å². The molecule has 8 heteroatoms. The van der Waals surface area contributed by atoms with E-state index >= 15 is 0 Å².